The summed E-state index contributed by atoms with van der Waals surface area (Å²) in [7, 11) is 0. The number of nitrogens with one attached hydrogen (secondary N) is 2. The van der Waals surface area contributed by atoms with Crippen LogP contribution in [-0.4, -0.2) is 82.7 Å². The van der Waals surface area contributed by atoms with E-state index in [9.17, 15) is 0 Å². The highest BCUT2D eigenvalue weighted by molar-refractivity contribution is 14.0. The Morgan fingerprint density at radius 1 is 1.33 bits per heavy atom. The monoisotopic (exact) mass is 552 g/mol. The minimum absolute atomic E-state index is 0. The first-order valence-electron chi connectivity index (χ1n) is 10.9. The van der Waals surface area contributed by atoms with Gasteiger partial charge in [-0.3, -0.25) is 9.89 Å². The van der Waals surface area contributed by atoms with Crippen molar-refractivity contribution in [3.05, 3.63) is 22.4 Å². The van der Waals surface area contributed by atoms with Gasteiger partial charge in [0.05, 0.1) is 38.5 Å². The van der Waals surface area contributed by atoms with Crippen LogP contribution in [0.2, 0.25) is 0 Å². The first-order chi connectivity index (χ1) is 14.4. The zero-order chi connectivity index (χ0) is 20.2. The Labute approximate surface area is 202 Å². The van der Waals surface area contributed by atoms with E-state index >= 15 is 0 Å². The van der Waals surface area contributed by atoms with Gasteiger partial charge in [-0.15, -0.1) is 35.3 Å². The van der Waals surface area contributed by atoms with Crippen LogP contribution in [-0.2, 0) is 14.2 Å². The van der Waals surface area contributed by atoms with Crippen LogP contribution < -0.4 is 10.6 Å². The second kappa shape index (κ2) is 15.4. The van der Waals surface area contributed by atoms with Crippen molar-refractivity contribution in [1.29, 1.82) is 0 Å². The van der Waals surface area contributed by atoms with E-state index in [4.69, 9.17) is 19.2 Å². The molecule has 0 aliphatic carbocycles. The minimum atomic E-state index is 0. The molecular weight excluding hydrogens is 515 g/mol. The minimum Gasteiger partial charge on any atom is -0.379 e. The molecule has 30 heavy (non-hydrogen) atoms. The van der Waals surface area contributed by atoms with Crippen molar-refractivity contribution in [2.24, 2.45) is 4.99 Å². The van der Waals surface area contributed by atoms with Crippen molar-refractivity contribution in [1.82, 2.24) is 15.5 Å². The fourth-order valence-electron chi connectivity index (χ4n) is 3.65. The Bertz CT molecular complexity index is 579. The van der Waals surface area contributed by atoms with Crippen LogP contribution in [0.4, 0.5) is 0 Å². The van der Waals surface area contributed by atoms with E-state index in [0.29, 0.717) is 12.1 Å². The summed E-state index contributed by atoms with van der Waals surface area (Å²) < 4.78 is 16.9. The molecule has 3 rings (SSSR count). The Hall–Kier alpha value is -0.460. The summed E-state index contributed by atoms with van der Waals surface area (Å²) in [5.41, 5.74) is 0. The number of rotatable bonds is 11. The van der Waals surface area contributed by atoms with Gasteiger partial charge >= 0.3 is 0 Å². The molecule has 2 aliphatic rings. The number of aliphatic imine (C=N–C) groups is 1. The summed E-state index contributed by atoms with van der Waals surface area (Å²) in [6.45, 7) is 10.4. The molecule has 0 spiro atoms. The fraction of sp³-hybridized carbons (Fsp3) is 0.762. The Morgan fingerprint density at radius 2 is 2.20 bits per heavy atom. The number of hydrogen-bond acceptors (Lipinski definition) is 6. The number of guanidine groups is 1. The van der Waals surface area contributed by atoms with E-state index in [1.165, 1.54) is 4.88 Å². The Balaban J connectivity index is 0.00000320. The van der Waals surface area contributed by atoms with Gasteiger partial charge in [0, 0.05) is 44.3 Å². The van der Waals surface area contributed by atoms with Gasteiger partial charge in [-0.05, 0) is 37.6 Å². The molecular formula is C21H37IN4O3S. The normalized spacial score (nSPS) is 21.2. The zero-order valence-electron chi connectivity index (χ0n) is 18.0. The summed E-state index contributed by atoms with van der Waals surface area (Å²) >= 11 is 1.81. The molecule has 2 unspecified atom stereocenters. The molecule has 0 radical (unpaired) electrons. The van der Waals surface area contributed by atoms with Crippen molar-refractivity contribution >= 4 is 41.3 Å². The van der Waals surface area contributed by atoms with Gasteiger partial charge in [0.25, 0.3) is 0 Å². The topological polar surface area (TPSA) is 67.4 Å². The van der Waals surface area contributed by atoms with Crippen LogP contribution in [0.15, 0.2) is 22.5 Å². The van der Waals surface area contributed by atoms with Crippen molar-refractivity contribution in [3.63, 3.8) is 0 Å². The predicted molar refractivity (Wildman–Crippen MR) is 133 cm³/mol. The van der Waals surface area contributed by atoms with Gasteiger partial charge in [-0.2, -0.15) is 0 Å². The lowest BCUT2D eigenvalue weighted by Gasteiger charge is -2.33. The Morgan fingerprint density at radius 3 is 2.90 bits per heavy atom. The molecule has 3 heterocycles. The standard InChI is InChI=1S/C21H36N4O3S.HI/c1-2-22-21(23-8-5-11-27-17-18-6-3-12-28-18)24-16-19(20-7-4-15-29-20)25-9-13-26-14-10-25;/h4,7,15,18-19H,2-3,5-6,8-14,16-17H2,1H3,(H2,22,23,24);1H. The van der Waals surface area contributed by atoms with E-state index in [2.05, 4.69) is 40.0 Å². The highest BCUT2D eigenvalue weighted by Crippen LogP contribution is 2.26. The molecule has 2 fully saturated rings. The van der Waals surface area contributed by atoms with Crippen LogP contribution >= 0.6 is 35.3 Å². The zero-order valence-corrected chi connectivity index (χ0v) is 21.2. The number of halogens is 1. The molecule has 172 valence electrons. The number of morpholine rings is 1. The molecule has 9 heteroatoms. The maximum atomic E-state index is 5.74. The number of thiophene rings is 1. The maximum Gasteiger partial charge on any atom is 0.191 e. The third-order valence-corrected chi connectivity index (χ3v) is 6.18. The number of hydrogen-bond donors (Lipinski definition) is 2. The lowest BCUT2D eigenvalue weighted by Crippen LogP contribution is -2.41. The first kappa shape index (κ1) is 25.8. The molecule has 0 amide bonds. The number of ether oxygens (including phenoxy) is 3. The van der Waals surface area contributed by atoms with E-state index in [1.807, 2.05) is 11.3 Å². The van der Waals surface area contributed by atoms with Crippen LogP contribution in [0, 0.1) is 0 Å². The predicted octanol–water partition coefficient (Wildman–Crippen LogP) is 2.88. The van der Waals surface area contributed by atoms with Gasteiger partial charge in [0.15, 0.2) is 5.96 Å². The summed E-state index contributed by atoms with van der Waals surface area (Å²) in [4.78, 5) is 8.74. The molecule has 0 aromatic carbocycles. The van der Waals surface area contributed by atoms with Crippen molar-refractivity contribution in [2.45, 2.75) is 38.3 Å². The second-order valence-electron chi connectivity index (χ2n) is 7.39. The molecule has 7 nitrogen and oxygen atoms in total. The van der Waals surface area contributed by atoms with E-state index in [0.717, 1.165) is 91.0 Å². The van der Waals surface area contributed by atoms with Crippen molar-refractivity contribution in [2.75, 3.05) is 65.8 Å². The lowest BCUT2D eigenvalue weighted by atomic mass is 10.2. The van der Waals surface area contributed by atoms with Crippen LogP contribution in [0.3, 0.4) is 0 Å². The van der Waals surface area contributed by atoms with Gasteiger partial charge < -0.3 is 24.8 Å². The maximum absolute atomic E-state index is 5.74. The highest BCUT2D eigenvalue weighted by atomic mass is 127. The van der Waals surface area contributed by atoms with Gasteiger partial charge in [0.1, 0.15) is 0 Å². The molecule has 2 saturated heterocycles. The SMILES string of the molecule is CCNC(=NCC(c1cccs1)N1CCOCC1)NCCCOCC1CCCO1.I. The molecule has 2 N–H and O–H groups in total. The van der Waals surface area contributed by atoms with E-state index < -0.39 is 0 Å². The third-order valence-electron chi connectivity index (χ3n) is 5.21. The van der Waals surface area contributed by atoms with Crippen LogP contribution in [0.25, 0.3) is 0 Å². The summed E-state index contributed by atoms with van der Waals surface area (Å²) in [5.74, 6) is 0.876. The smallest absolute Gasteiger partial charge is 0.191 e. The summed E-state index contributed by atoms with van der Waals surface area (Å²) in [5, 5.41) is 8.95. The molecule has 1 aromatic rings. The molecule has 2 atom stereocenters. The van der Waals surface area contributed by atoms with Crippen molar-refractivity contribution in [3.8, 4) is 0 Å². The van der Waals surface area contributed by atoms with Crippen LogP contribution in [0.5, 0.6) is 0 Å². The number of nitrogens with zero attached hydrogens (tertiary/aromatic N) is 2. The van der Waals surface area contributed by atoms with Gasteiger partial charge in [-0.1, -0.05) is 6.07 Å². The van der Waals surface area contributed by atoms with E-state index in [-0.39, 0.29) is 24.0 Å². The molecule has 0 saturated carbocycles. The van der Waals surface area contributed by atoms with Crippen LogP contribution in [0.1, 0.15) is 37.1 Å². The van der Waals surface area contributed by atoms with Gasteiger partial charge in [0.2, 0.25) is 0 Å². The summed E-state index contributed by atoms with van der Waals surface area (Å²) in [6.07, 6.45) is 3.55. The Kier molecular flexibility index (Phi) is 13.2. The second-order valence-corrected chi connectivity index (χ2v) is 8.37. The van der Waals surface area contributed by atoms with Gasteiger partial charge in [-0.25, -0.2) is 0 Å². The third kappa shape index (κ3) is 8.96. The first-order valence-corrected chi connectivity index (χ1v) is 11.8. The fourth-order valence-corrected chi connectivity index (χ4v) is 4.50. The highest BCUT2D eigenvalue weighted by Gasteiger charge is 2.23. The largest absolute Gasteiger partial charge is 0.379 e. The molecule has 1 aromatic heterocycles. The molecule has 0 bridgehead atoms. The molecule has 2 aliphatic heterocycles. The summed E-state index contributed by atoms with van der Waals surface area (Å²) in [6, 6.07) is 4.65. The lowest BCUT2D eigenvalue weighted by molar-refractivity contribution is 0.0168. The van der Waals surface area contributed by atoms with E-state index in [1.54, 1.807) is 0 Å². The quantitative estimate of drug-likeness (QED) is 0.191. The average Bonchev–Trinajstić information content (AvgIpc) is 3.46. The van der Waals surface area contributed by atoms with Crippen molar-refractivity contribution < 1.29 is 14.2 Å². The average molecular weight is 553 g/mol.